The Morgan fingerprint density at radius 2 is 2.40 bits per heavy atom. The molecule has 5 heteroatoms. The molecular weight excluding hydrogens is 254 g/mol. The number of likely N-dealkylation sites (tertiary alicyclic amines) is 1. The Kier molecular flexibility index (Phi) is 5.59. The van der Waals surface area contributed by atoms with Crippen LogP contribution in [0.3, 0.4) is 0 Å². The first-order valence-electron chi connectivity index (χ1n) is 7.57. The molecule has 1 aromatic rings. The molecule has 2 rings (SSSR count). The van der Waals surface area contributed by atoms with Crippen molar-refractivity contribution < 1.29 is 9.53 Å². The zero-order valence-electron chi connectivity index (χ0n) is 12.5. The SMILES string of the molecule is CCCOC1CCCN(C(=O)CCn2cc(C)cn2)C1. The quantitative estimate of drug-likeness (QED) is 0.800. The molecule has 0 aliphatic carbocycles. The van der Waals surface area contributed by atoms with Crippen molar-refractivity contribution >= 4 is 5.91 Å². The molecule has 0 N–H and O–H groups in total. The fourth-order valence-corrected chi connectivity index (χ4v) is 2.54. The molecule has 1 fully saturated rings. The normalized spacial score (nSPS) is 19.3. The predicted octanol–water partition coefficient (Wildman–Crippen LogP) is 2.00. The number of aromatic nitrogens is 2. The van der Waals surface area contributed by atoms with Gasteiger partial charge < -0.3 is 9.64 Å². The van der Waals surface area contributed by atoms with Crippen LogP contribution in [0, 0.1) is 6.92 Å². The lowest BCUT2D eigenvalue weighted by Gasteiger charge is -2.32. The van der Waals surface area contributed by atoms with Crippen LogP contribution in [0.4, 0.5) is 0 Å². The molecule has 1 unspecified atom stereocenters. The smallest absolute Gasteiger partial charge is 0.224 e. The maximum atomic E-state index is 12.2. The van der Waals surface area contributed by atoms with E-state index in [1.54, 1.807) is 0 Å². The number of carbonyl (C=O) groups is 1. The van der Waals surface area contributed by atoms with Crippen LogP contribution in [0.25, 0.3) is 0 Å². The Morgan fingerprint density at radius 1 is 1.55 bits per heavy atom. The third kappa shape index (κ3) is 4.34. The minimum absolute atomic E-state index is 0.211. The number of ether oxygens (including phenoxy) is 1. The number of carbonyl (C=O) groups excluding carboxylic acids is 1. The van der Waals surface area contributed by atoms with Crippen molar-refractivity contribution in [2.24, 2.45) is 0 Å². The van der Waals surface area contributed by atoms with E-state index in [2.05, 4.69) is 12.0 Å². The van der Waals surface area contributed by atoms with E-state index in [-0.39, 0.29) is 12.0 Å². The van der Waals surface area contributed by atoms with Crippen molar-refractivity contribution in [3.63, 3.8) is 0 Å². The number of piperidine rings is 1. The van der Waals surface area contributed by atoms with Crippen LogP contribution in [-0.2, 0) is 16.1 Å². The highest BCUT2D eigenvalue weighted by atomic mass is 16.5. The van der Waals surface area contributed by atoms with Crippen molar-refractivity contribution in [2.75, 3.05) is 19.7 Å². The number of amides is 1. The van der Waals surface area contributed by atoms with Gasteiger partial charge in [-0.25, -0.2) is 0 Å². The molecule has 1 atom stereocenters. The minimum Gasteiger partial charge on any atom is -0.376 e. The second kappa shape index (κ2) is 7.43. The second-order valence-corrected chi connectivity index (χ2v) is 5.51. The molecule has 0 aromatic carbocycles. The Labute approximate surface area is 120 Å². The summed E-state index contributed by atoms with van der Waals surface area (Å²) in [6, 6.07) is 0. The van der Waals surface area contributed by atoms with Gasteiger partial charge in [0, 0.05) is 38.9 Å². The van der Waals surface area contributed by atoms with Crippen molar-refractivity contribution in [2.45, 2.75) is 52.2 Å². The standard InChI is InChI=1S/C15H25N3O2/c1-3-9-20-14-5-4-7-17(12-14)15(19)6-8-18-11-13(2)10-16-18/h10-11,14H,3-9,12H2,1-2H3. The van der Waals surface area contributed by atoms with Crippen LogP contribution >= 0.6 is 0 Å². The summed E-state index contributed by atoms with van der Waals surface area (Å²) in [4.78, 5) is 14.2. The summed E-state index contributed by atoms with van der Waals surface area (Å²) in [6.07, 6.45) is 7.67. The molecule has 2 heterocycles. The van der Waals surface area contributed by atoms with Gasteiger partial charge in [-0.2, -0.15) is 5.10 Å². The van der Waals surface area contributed by atoms with Gasteiger partial charge >= 0.3 is 0 Å². The number of hydrogen-bond donors (Lipinski definition) is 0. The van der Waals surface area contributed by atoms with Crippen LogP contribution in [0.5, 0.6) is 0 Å². The number of rotatable bonds is 6. The van der Waals surface area contributed by atoms with E-state index in [1.807, 2.05) is 28.9 Å². The monoisotopic (exact) mass is 279 g/mol. The molecule has 1 aromatic heterocycles. The Morgan fingerprint density at radius 3 is 3.10 bits per heavy atom. The van der Waals surface area contributed by atoms with Gasteiger partial charge in [-0.15, -0.1) is 0 Å². The van der Waals surface area contributed by atoms with E-state index in [1.165, 1.54) is 0 Å². The molecule has 5 nitrogen and oxygen atoms in total. The highest BCUT2D eigenvalue weighted by Crippen LogP contribution is 2.14. The van der Waals surface area contributed by atoms with Crippen molar-refractivity contribution in [3.8, 4) is 0 Å². The molecular formula is C15H25N3O2. The third-order valence-corrected chi connectivity index (χ3v) is 3.61. The topological polar surface area (TPSA) is 47.4 Å². The molecule has 1 aliphatic rings. The van der Waals surface area contributed by atoms with Gasteiger partial charge in [-0.3, -0.25) is 9.48 Å². The number of nitrogens with zero attached hydrogens (tertiary/aromatic N) is 3. The van der Waals surface area contributed by atoms with E-state index in [0.29, 0.717) is 13.0 Å². The molecule has 0 radical (unpaired) electrons. The third-order valence-electron chi connectivity index (χ3n) is 3.61. The molecule has 0 bridgehead atoms. The van der Waals surface area contributed by atoms with Crippen LogP contribution in [0.1, 0.15) is 38.2 Å². The predicted molar refractivity (Wildman–Crippen MR) is 77.4 cm³/mol. The summed E-state index contributed by atoms with van der Waals surface area (Å²) in [5, 5.41) is 4.21. The van der Waals surface area contributed by atoms with E-state index in [4.69, 9.17) is 4.74 Å². The van der Waals surface area contributed by atoms with Gasteiger partial charge in [0.1, 0.15) is 0 Å². The van der Waals surface area contributed by atoms with Crippen LogP contribution in [-0.4, -0.2) is 46.4 Å². The molecule has 112 valence electrons. The highest BCUT2D eigenvalue weighted by Gasteiger charge is 2.23. The fraction of sp³-hybridized carbons (Fsp3) is 0.733. The lowest BCUT2D eigenvalue weighted by Crippen LogP contribution is -2.43. The van der Waals surface area contributed by atoms with Gasteiger partial charge in [0.15, 0.2) is 0 Å². The summed E-state index contributed by atoms with van der Waals surface area (Å²) < 4.78 is 7.60. The fourth-order valence-electron chi connectivity index (χ4n) is 2.54. The van der Waals surface area contributed by atoms with Crippen molar-refractivity contribution in [3.05, 3.63) is 18.0 Å². The number of hydrogen-bond acceptors (Lipinski definition) is 3. The molecule has 1 amide bonds. The van der Waals surface area contributed by atoms with Gasteiger partial charge in [0.05, 0.1) is 12.3 Å². The zero-order chi connectivity index (χ0) is 14.4. The first kappa shape index (κ1) is 15.0. The van der Waals surface area contributed by atoms with E-state index in [9.17, 15) is 4.79 Å². The average Bonchev–Trinajstić information content (AvgIpc) is 2.88. The van der Waals surface area contributed by atoms with Crippen LogP contribution in [0.2, 0.25) is 0 Å². The Bertz CT molecular complexity index is 431. The first-order chi connectivity index (χ1) is 9.69. The molecule has 0 spiro atoms. The van der Waals surface area contributed by atoms with Gasteiger partial charge in [0.2, 0.25) is 5.91 Å². The Balaban J connectivity index is 1.76. The lowest BCUT2D eigenvalue weighted by atomic mass is 10.1. The molecule has 1 aliphatic heterocycles. The largest absolute Gasteiger partial charge is 0.376 e. The van der Waals surface area contributed by atoms with E-state index in [0.717, 1.165) is 44.5 Å². The Hall–Kier alpha value is -1.36. The maximum absolute atomic E-state index is 12.2. The number of aryl methyl sites for hydroxylation is 2. The molecule has 20 heavy (non-hydrogen) atoms. The summed E-state index contributed by atoms with van der Waals surface area (Å²) in [5.74, 6) is 0.211. The van der Waals surface area contributed by atoms with E-state index >= 15 is 0 Å². The zero-order valence-corrected chi connectivity index (χ0v) is 12.5. The van der Waals surface area contributed by atoms with Gasteiger partial charge in [-0.05, 0) is 31.7 Å². The minimum atomic E-state index is 0.211. The average molecular weight is 279 g/mol. The molecule has 1 saturated heterocycles. The lowest BCUT2D eigenvalue weighted by molar-refractivity contribution is -0.135. The first-order valence-corrected chi connectivity index (χ1v) is 7.57. The summed E-state index contributed by atoms with van der Waals surface area (Å²) >= 11 is 0. The van der Waals surface area contributed by atoms with Crippen molar-refractivity contribution in [1.29, 1.82) is 0 Å². The van der Waals surface area contributed by atoms with Crippen molar-refractivity contribution in [1.82, 2.24) is 14.7 Å². The molecule has 0 saturated carbocycles. The van der Waals surface area contributed by atoms with Gasteiger partial charge in [-0.1, -0.05) is 6.92 Å². The van der Waals surface area contributed by atoms with Gasteiger partial charge in [0.25, 0.3) is 0 Å². The van der Waals surface area contributed by atoms with E-state index < -0.39 is 0 Å². The highest BCUT2D eigenvalue weighted by molar-refractivity contribution is 5.76. The second-order valence-electron chi connectivity index (χ2n) is 5.51. The summed E-state index contributed by atoms with van der Waals surface area (Å²) in [6.45, 7) is 7.17. The maximum Gasteiger partial charge on any atom is 0.224 e. The summed E-state index contributed by atoms with van der Waals surface area (Å²) in [7, 11) is 0. The van der Waals surface area contributed by atoms with Crippen LogP contribution in [0.15, 0.2) is 12.4 Å². The van der Waals surface area contributed by atoms with Crippen LogP contribution < -0.4 is 0 Å². The summed E-state index contributed by atoms with van der Waals surface area (Å²) in [5.41, 5.74) is 1.13.